The van der Waals surface area contributed by atoms with Crippen molar-refractivity contribution in [2.45, 2.75) is 26.8 Å². The van der Waals surface area contributed by atoms with Gasteiger partial charge in [0.05, 0.1) is 6.54 Å². The number of carbonyl (C=O) groups excluding carboxylic acids is 2. The van der Waals surface area contributed by atoms with Gasteiger partial charge in [0.1, 0.15) is 0 Å². The minimum absolute atomic E-state index is 0.0534. The Labute approximate surface area is 168 Å². The molecule has 2 amide bonds. The third-order valence-corrected chi connectivity index (χ3v) is 5.89. The Balaban J connectivity index is 1.43. The number of carbonyl (C=O) groups is 2. The Morgan fingerprint density at radius 3 is 2.11 bits per heavy atom. The number of likely N-dealkylation sites (tertiary alicyclic amines) is 1. The van der Waals surface area contributed by atoms with E-state index >= 15 is 0 Å². The molecule has 2 heterocycles. The van der Waals surface area contributed by atoms with E-state index in [0.29, 0.717) is 23.9 Å². The van der Waals surface area contributed by atoms with E-state index in [1.807, 2.05) is 24.3 Å². The van der Waals surface area contributed by atoms with E-state index in [-0.39, 0.29) is 11.8 Å². The molecule has 2 saturated heterocycles. The summed E-state index contributed by atoms with van der Waals surface area (Å²) in [5, 5.41) is 2.65. The van der Waals surface area contributed by atoms with Crippen LogP contribution in [0.5, 0.6) is 0 Å². The van der Waals surface area contributed by atoms with Crippen molar-refractivity contribution in [1.29, 1.82) is 0 Å². The summed E-state index contributed by atoms with van der Waals surface area (Å²) < 4.78 is 0. The van der Waals surface area contributed by atoms with Gasteiger partial charge in [-0.2, -0.15) is 0 Å². The van der Waals surface area contributed by atoms with E-state index < -0.39 is 0 Å². The third kappa shape index (κ3) is 5.55. The first-order valence-electron chi connectivity index (χ1n) is 10.5. The molecule has 1 aromatic rings. The number of rotatable bonds is 5. The number of piperazine rings is 1. The van der Waals surface area contributed by atoms with Gasteiger partial charge >= 0.3 is 0 Å². The summed E-state index contributed by atoms with van der Waals surface area (Å²) in [7, 11) is 1.65. The molecule has 2 atom stereocenters. The Kier molecular flexibility index (Phi) is 7.08. The number of amides is 2. The molecule has 3 rings (SSSR count). The average molecular weight is 387 g/mol. The lowest BCUT2D eigenvalue weighted by atomic mass is 9.92. The van der Waals surface area contributed by atoms with Gasteiger partial charge in [-0.05, 0) is 36.0 Å². The maximum Gasteiger partial charge on any atom is 0.251 e. The second-order valence-corrected chi connectivity index (χ2v) is 8.57. The summed E-state index contributed by atoms with van der Waals surface area (Å²) in [6, 6.07) is 7.81. The molecule has 0 radical (unpaired) electrons. The van der Waals surface area contributed by atoms with Gasteiger partial charge in [0.15, 0.2) is 0 Å². The van der Waals surface area contributed by atoms with Gasteiger partial charge in [0, 0.05) is 58.4 Å². The summed E-state index contributed by atoms with van der Waals surface area (Å²) in [4.78, 5) is 31.1. The molecule has 28 heavy (non-hydrogen) atoms. The quantitative estimate of drug-likeness (QED) is 0.836. The zero-order chi connectivity index (χ0) is 20.1. The molecule has 0 aliphatic carbocycles. The molecule has 1 aromatic carbocycles. The van der Waals surface area contributed by atoms with Crippen LogP contribution in [-0.4, -0.2) is 79.4 Å². The van der Waals surface area contributed by atoms with E-state index in [4.69, 9.17) is 0 Å². The standard InChI is InChI=1S/C22H34N4O2/c1-17-12-18(2)14-26(13-17)21(27)16-25-10-8-24(9-11-25)15-19-4-6-20(7-5-19)22(28)23-3/h4-7,17-18H,8-16H2,1-3H3,(H,23,28). The molecule has 6 heteroatoms. The predicted octanol–water partition coefficient (Wildman–Crippen LogP) is 1.67. The molecular weight excluding hydrogens is 352 g/mol. The molecule has 2 aliphatic rings. The molecule has 2 unspecified atom stereocenters. The molecule has 2 aliphatic heterocycles. The van der Waals surface area contributed by atoms with Gasteiger partial charge < -0.3 is 10.2 Å². The van der Waals surface area contributed by atoms with Gasteiger partial charge in [0.2, 0.25) is 5.91 Å². The van der Waals surface area contributed by atoms with Crippen molar-refractivity contribution >= 4 is 11.8 Å². The largest absolute Gasteiger partial charge is 0.355 e. The fraction of sp³-hybridized carbons (Fsp3) is 0.636. The van der Waals surface area contributed by atoms with E-state index in [2.05, 4.69) is 33.9 Å². The van der Waals surface area contributed by atoms with E-state index in [1.165, 1.54) is 12.0 Å². The Morgan fingerprint density at radius 1 is 0.964 bits per heavy atom. The van der Waals surface area contributed by atoms with E-state index in [0.717, 1.165) is 45.8 Å². The van der Waals surface area contributed by atoms with Gasteiger partial charge in [-0.25, -0.2) is 0 Å². The molecule has 6 nitrogen and oxygen atoms in total. The normalized spacial score (nSPS) is 24.2. The summed E-state index contributed by atoms with van der Waals surface area (Å²) in [5.41, 5.74) is 1.91. The fourth-order valence-electron chi connectivity index (χ4n) is 4.43. The topological polar surface area (TPSA) is 55.9 Å². The van der Waals surface area contributed by atoms with Crippen molar-refractivity contribution in [1.82, 2.24) is 20.0 Å². The number of nitrogens with zero attached hydrogens (tertiary/aromatic N) is 3. The van der Waals surface area contributed by atoms with Crippen LogP contribution < -0.4 is 5.32 Å². The Hall–Kier alpha value is -1.92. The summed E-state index contributed by atoms with van der Waals surface area (Å²) >= 11 is 0. The van der Waals surface area contributed by atoms with Crippen molar-refractivity contribution in [2.75, 3.05) is 52.9 Å². The van der Waals surface area contributed by atoms with Gasteiger partial charge in [0.25, 0.3) is 5.91 Å². The first-order chi connectivity index (χ1) is 13.4. The van der Waals surface area contributed by atoms with Gasteiger partial charge in [-0.15, -0.1) is 0 Å². The van der Waals surface area contributed by atoms with E-state index in [9.17, 15) is 9.59 Å². The molecule has 1 N–H and O–H groups in total. The molecule has 0 spiro atoms. The number of hydrogen-bond acceptors (Lipinski definition) is 4. The van der Waals surface area contributed by atoms with Crippen LogP contribution in [0.15, 0.2) is 24.3 Å². The van der Waals surface area contributed by atoms with Crippen molar-refractivity contribution in [3.8, 4) is 0 Å². The van der Waals surface area contributed by atoms with E-state index in [1.54, 1.807) is 7.05 Å². The van der Waals surface area contributed by atoms with Crippen molar-refractivity contribution in [3.05, 3.63) is 35.4 Å². The zero-order valence-corrected chi connectivity index (χ0v) is 17.5. The minimum atomic E-state index is -0.0534. The average Bonchev–Trinajstić information content (AvgIpc) is 2.68. The maximum atomic E-state index is 12.7. The third-order valence-electron chi connectivity index (χ3n) is 5.89. The summed E-state index contributed by atoms with van der Waals surface area (Å²) in [6.45, 7) is 11.6. The predicted molar refractivity (Wildman–Crippen MR) is 111 cm³/mol. The monoisotopic (exact) mass is 386 g/mol. The maximum absolute atomic E-state index is 12.7. The van der Waals surface area contributed by atoms with Crippen LogP contribution in [0, 0.1) is 11.8 Å². The molecule has 0 saturated carbocycles. The van der Waals surface area contributed by atoms with Crippen LogP contribution in [0.3, 0.4) is 0 Å². The van der Waals surface area contributed by atoms with Crippen LogP contribution in [0.2, 0.25) is 0 Å². The molecule has 0 aromatic heterocycles. The smallest absolute Gasteiger partial charge is 0.251 e. The van der Waals surface area contributed by atoms with Gasteiger partial charge in [-0.3, -0.25) is 19.4 Å². The first kappa shape index (κ1) is 20.8. The second-order valence-electron chi connectivity index (χ2n) is 8.57. The van der Waals surface area contributed by atoms with Crippen molar-refractivity contribution in [2.24, 2.45) is 11.8 Å². The van der Waals surface area contributed by atoms with Crippen molar-refractivity contribution < 1.29 is 9.59 Å². The SMILES string of the molecule is CNC(=O)c1ccc(CN2CCN(CC(=O)N3CC(C)CC(C)C3)CC2)cc1. The lowest BCUT2D eigenvalue weighted by Crippen LogP contribution is -2.51. The number of benzene rings is 1. The molecular formula is C22H34N4O2. The number of hydrogen-bond donors (Lipinski definition) is 1. The van der Waals surface area contributed by atoms with Crippen LogP contribution in [0.25, 0.3) is 0 Å². The highest BCUT2D eigenvalue weighted by molar-refractivity contribution is 5.93. The first-order valence-corrected chi connectivity index (χ1v) is 10.5. The Morgan fingerprint density at radius 2 is 1.54 bits per heavy atom. The van der Waals surface area contributed by atoms with Crippen LogP contribution in [0.4, 0.5) is 0 Å². The highest BCUT2D eigenvalue weighted by atomic mass is 16.2. The van der Waals surface area contributed by atoms with Crippen LogP contribution in [-0.2, 0) is 11.3 Å². The zero-order valence-electron chi connectivity index (χ0n) is 17.5. The molecule has 0 bridgehead atoms. The lowest BCUT2D eigenvalue weighted by molar-refractivity contribution is -0.135. The van der Waals surface area contributed by atoms with Gasteiger partial charge in [-0.1, -0.05) is 26.0 Å². The van der Waals surface area contributed by atoms with Crippen LogP contribution in [0.1, 0.15) is 36.2 Å². The van der Waals surface area contributed by atoms with Crippen LogP contribution >= 0.6 is 0 Å². The summed E-state index contributed by atoms with van der Waals surface area (Å²) in [6.07, 6.45) is 1.23. The molecule has 154 valence electrons. The highest BCUT2D eigenvalue weighted by Crippen LogP contribution is 2.21. The van der Waals surface area contributed by atoms with Crippen molar-refractivity contribution in [3.63, 3.8) is 0 Å². The lowest BCUT2D eigenvalue weighted by Gasteiger charge is -2.38. The second kappa shape index (κ2) is 9.52. The highest BCUT2D eigenvalue weighted by Gasteiger charge is 2.27. The Bertz CT molecular complexity index is 658. The fourth-order valence-corrected chi connectivity index (χ4v) is 4.43. The minimum Gasteiger partial charge on any atom is -0.355 e. The summed E-state index contributed by atoms with van der Waals surface area (Å²) in [5.74, 6) is 1.46. The number of piperidine rings is 1. The number of nitrogens with one attached hydrogen (secondary N) is 1. The molecule has 2 fully saturated rings.